The van der Waals surface area contributed by atoms with Crippen LogP contribution in [0.25, 0.3) is 0 Å². The van der Waals surface area contributed by atoms with Gasteiger partial charge in [0, 0.05) is 31.6 Å². The predicted molar refractivity (Wildman–Crippen MR) is 59.4 cm³/mol. The molecule has 0 aromatic heterocycles. The molecule has 14 heavy (non-hydrogen) atoms. The molecule has 1 atom stereocenters. The number of aliphatic hydroxyl groups excluding tert-OH is 1. The average Bonchev–Trinajstić information content (AvgIpc) is 2.07. The van der Waals surface area contributed by atoms with Crippen LogP contribution in [0.2, 0.25) is 0 Å². The largest absolute Gasteiger partial charge is 0.392 e. The van der Waals surface area contributed by atoms with Crippen LogP contribution in [0.4, 0.5) is 0 Å². The predicted octanol–water partition coefficient (Wildman–Crippen LogP) is 0.641. The third-order valence-corrected chi connectivity index (χ3v) is 3.12. The van der Waals surface area contributed by atoms with Gasteiger partial charge in [0.15, 0.2) is 0 Å². The van der Waals surface area contributed by atoms with Gasteiger partial charge in [-0.05, 0) is 20.5 Å². The Hall–Kier alpha value is -0.120. The van der Waals surface area contributed by atoms with Gasteiger partial charge in [-0.2, -0.15) is 0 Å². The number of piperidine rings is 1. The van der Waals surface area contributed by atoms with E-state index in [0.29, 0.717) is 0 Å². The summed E-state index contributed by atoms with van der Waals surface area (Å²) in [7, 11) is 4.20. The lowest BCUT2D eigenvalue weighted by molar-refractivity contribution is -0.0254. The van der Waals surface area contributed by atoms with Gasteiger partial charge in [-0.3, -0.25) is 0 Å². The van der Waals surface area contributed by atoms with Gasteiger partial charge in [0.2, 0.25) is 0 Å². The highest BCUT2D eigenvalue weighted by atomic mass is 16.3. The minimum absolute atomic E-state index is 0.0601. The molecule has 1 N–H and O–H groups in total. The molecule has 0 saturated carbocycles. The minimum Gasteiger partial charge on any atom is -0.392 e. The zero-order valence-electron chi connectivity index (χ0n) is 9.95. The van der Waals surface area contributed by atoms with E-state index < -0.39 is 0 Å². The monoisotopic (exact) mass is 200 g/mol. The molecule has 0 bridgehead atoms. The normalized spacial score (nSPS) is 28.3. The summed E-state index contributed by atoms with van der Waals surface area (Å²) in [5.74, 6) is 0. The topological polar surface area (TPSA) is 26.7 Å². The van der Waals surface area contributed by atoms with E-state index in [1.165, 1.54) is 0 Å². The maximum Gasteiger partial charge on any atom is 0.0615 e. The van der Waals surface area contributed by atoms with Crippen LogP contribution in [-0.4, -0.2) is 61.3 Å². The van der Waals surface area contributed by atoms with Crippen molar-refractivity contribution in [2.24, 2.45) is 5.41 Å². The molecule has 0 aliphatic carbocycles. The summed E-state index contributed by atoms with van der Waals surface area (Å²) in [5.41, 5.74) is 0.0601. The number of rotatable bonds is 3. The van der Waals surface area contributed by atoms with E-state index in [0.717, 1.165) is 32.6 Å². The van der Waals surface area contributed by atoms with Gasteiger partial charge in [0.25, 0.3) is 0 Å². The molecule has 0 spiro atoms. The number of hydrogen-bond donors (Lipinski definition) is 1. The van der Waals surface area contributed by atoms with Crippen molar-refractivity contribution in [1.29, 1.82) is 0 Å². The fraction of sp³-hybridized carbons (Fsp3) is 1.00. The Kier molecular flexibility index (Phi) is 3.93. The summed E-state index contributed by atoms with van der Waals surface area (Å²) in [5, 5.41) is 9.80. The van der Waals surface area contributed by atoms with Gasteiger partial charge >= 0.3 is 0 Å². The van der Waals surface area contributed by atoms with Crippen LogP contribution < -0.4 is 0 Å². The van der Waals surface area contributed by atoms with E-state index in [-0.39, 0.29) is 11.5 Å². The van der Waals surface area contributed by atoms with Gasteiger partial charge in [0.1, 0.15) is 0 Å². The van der Waals surface area contributed by atoms with Crippen molar-refractivity contribution in [2.45, 2.75) is 26.4 Å². The molecule has 0 aromatic rings. The molecule has 1 aliphatic heterocycles. The van der Waals surface area contributed by atoms with E-state index in [2.05, 4.69) is 37.7 Å². The Morgan fingerprint density at radius 3 is 2.57 bits per heavy atom. The molecule has 1 rings (SSSR count). The summed E-state index contributed by atoms with van der Waals surface area (Å²) in [6.07, 6.45) is 0.790. The fourth-order valence-electron chi connectivity index (χ4n) is 1.99. The van der Waals surface area contributed by atoms with Crippen LogP contribution in [0.3, 0.4) is 0 Å². The zero-order chi connectivity index (χ0) is 10.8. The summed E-state index contributed by atoms with van der Waals surface area (Å²) in [4.78, 5) is 4.66. The molecule has 84 valence electrons. The molecule has 1 saturated heterocycles. The first kappa shape index (κ1) is 12.0. The maximum atomic E-state index is 9.80. The van der Waals surface area contributed by atoms with Gasteiger partial charge in [0.05, 0.1) is 6.10 Å². The van der Waals surface area contributed by atoms with Gasteiger partial charge < -0.3 is 14.9 Å². The lowest BCUT2D eigenvalue weighted by Crippen LogP contribution is -2.49. The number of hydrogen-bond acceptors (Lipinski definition) is 3. The number of aliphatic hydroxyl groups is 1. The summed E-state index contributed by atoms with van der Waals surface area (Å²) >= 11 is 0. The van der Waals surface area contributed by atoms with E-state index in [1.807, 2.05) is 0 Å². The Morgan fingerprint density at radius 2 is 2.07 bits per heavy atom. The molecule has 1 heterocycles. The van der Waals surface area contributed by atoms with Crippen molar-refractivity contribution < 1.29 is 5.11 Å². The van der Waals surface area contributed by atoms with Crippen LogP contribution in [0, 0.1) is 5.41 Å². The Balaban J connectivity index is 2.36. The molecule has 3 nitrogen and oxygen atoms in total. The summed E-state index contributed by atoms with van der Waals surface area (Å²) < 4.78 is 0. The van der Waals surface area contributed by atoms with Crippen molar-refractivity contribution in [1.82, 2.24) is 9.80 Å². The van der Waals surface area contributed by atoms with Gasteiger partial charge in [-0.15, -0.1) is 0 Å². The molecule has 1 fully saturated rings. The Bertz CT molecular complexity index is 180. The third kappa shape index (κ3) is 3.23. The van der Waals surface area contributed by atoms with Crippen LogP contribution in [0.1, 0.15) is 20.3 Å². The van der Waals surface area contributed by atoms with Crippen LogP contribution >= 0.6 is 0 Å². The quantitative estimate of drug-likeness (QED) is 0.724. The zero-order valence-corrected chi connectivity index (χ0v) is 9.95. The van der Waals surface area contributed by atoms with E-state index in [9.17, 15) is 5.11 Å². The summed E-state index contributed by atoms with van der Waals surface area (Å²) in [6, 6.07) is 0. The standard InChI is InChI=1S/C11H24N2O/c1-11(2)9-13(6-5-10(11)14)8-7-12(3)4/h10,14H,5-9H2,1-4H3. The first-order chi connectivity index (χ1) is 6.42. The Labute approximate surface area is 87.7 Å². The Morgan fingerprint density at radius 1 is 1.43 bits per heavy atom. The van der Waals surface area contributed by atoms with Crippen LogP contribution in [-0.2, 0) is 0 Å². The molecule has 3 heteroatoms. The smallest absolute Gasteiger partial charge is 0.0615 e. The first-order valence-corrected chi connectivity index (χ1v) is 5.47. The van der Waals surface area contributed by atoms with Crippen molar-refractivity contribution in [2.75, 3.05) is 40.3 Å². The fourth-order valence-corrected chi connectivity index (χ4v) is 1.99. The van der Waals surface area contributed by atoms with Gasteiger partial charge in [-0.25, -0.2) is 0 Å². The van der Waals surface area contributed by atoms with Crippen LogP contribution in [0.5, 0.6) is 0 Å². The number of likely N-dealkylation sites (tertiary alicyclic amines) is 1. The van der Waals surface area contributed by atoms with E-state index in [1.54, 1.807) is 0 Å². The van der Waals surface area contributed by atoms with E-state index >= 15 is 0 Å². The second-order valence-corrected chi connectivity index (χ2v) is 5.37. The van der Waals surface area contributed by atoms with Crippen molar-refractivity contribution in [3.63, 3.8) is 0 Å². The number of likely N-dealkylation sites (N-methyl/N-ethyl adjacent to an activating group) is 1. The third-order valence-electron chi connectivity index (χ3n) is 3.12. The minimum atomic E-state index is -0.127. The summed E-state index contributed by atoms with van der Waals surface area (Å²) in [6.45, 7) is 8.58. The first-order valence-electron chi connectivity index (χ1n) is 5.47. The highest BCUT2D eigenvalue weighted by Crippen LogP contribution is 2.28. The maximum absolute atomic E-state index is 9.80. The number of nitrogens with zero attached hydrogens (tertiary/aromatic N) is 2. The van der Waals surface area contributed by atoms with Crippen molar-refractivity contribution in [3.8, 4) is 0 Å². The highest BCUT2D eigenvalue weighted by molar-refractivity contribution is 4.86. The molecular formula is C11H24N2O. The molecule has 1 aliphatic rings. The molecule has 1 unspecified atom stereocenters. The lowest BCUT2D eigenvalue weighted by Gasteiger charge is -2.42. The van der Waals surface area contributed by atoms with Crippen molar-refractivity contribution in [3.05, 3.63) is 0 Å². The second kappa shape index (κ2) is 4.60. The van der Waals surface area contributed by atoms with Crippen molar-refractivity contribution >= 4 is 0 Å². The lowest BCUT2D eigenvalue weighted by atomic mass is 9.81. The molecule has 0 aromatic carbocycles. The highest BCUT2D eigenvalue weighted by Gasteiger charge is 2.34. The second-order valence-electron chi connectivity index (χ2n) is 5.37. The van der Waals surface area contributed by atoms with E-state index in [4.69, 9.17) is 0 Å². The SMILES string of the molecule is CN(C)CCN1CCC(O)C(C)(C)C1. The molecule has 0 radical (unpaired) electrons. The van der Waals surface area contributed by atoms with Gasteiger partial charge in [-0.1, -0.05) is 13.8 Å². The molecule has 0 amide bonds. The average molecular weight is 200 g/mol. The van der Waals surface area contributed by atoms with Crippen LogP contribution in [0.15, 0.2) is 0 Å². The molecular weight excluding hydrogens is 176 g/mol.